The van der Waals surface area contributed by atoms with Crippen molar-refractivity contribution in [1.82, 2.24) is 4.90 Å². The third-order valence-electron chi connectivity index (χ3n) is 6.39. The standard InChI is InChI=1S/C20H18ClNO4/c21-15-4-2-1-3-10(15)9-26-16(23)8-22-19(24)17-11-5-6-12(14-7-13(11)14)18(17)20(22)25/h1-6,11-14,17-18H,7-9H2/t11-,12+,13-,14-,17+,18-/m1/s1. The van der Waals surface area contributed by atoms with Crippen LogP contribution in [0.25, 0.3) is 0 Å². The molecule has 1 saturated heterocycles. The maximum atomic E-state index is 12.8. The molecule has 5 aliphatic rings. The summed E-state index contributed by atoms with van der Waals surface area (Å²) in [5.41, 5.74) is 0.692. The summed E-state index contributed by atoms with van der Waals surface area (Å²) in [5.74, 6) is -0.138. The van der Waals surface area contributed by atoms with Gasteiger partial charge in [0.05, 0.1) is 11.8 Å². The van der Waals surface area contributed by atoms with Gasteiger partial charge in [-0.1, -0.05) is 42.0 Å². The molecule has 6 heteroatoms. The molecule has 0 radical (unpaired) electrons. The number of rotatable bonds is 4. The van der Waals surface area contributed by atoms with Crippen molar-refractivity contribution in [1.29, 1.82) is 0 Å². The molecule has 1 aliphatic heterocycles. The molecule has 2 bridgehead atoms. The number of amides is 2. The van der Waals surface area contributed by atoms with Crippen molar-refractivity contribution in [2.45, 2.75) is 13.0 Å². The van der Waals surface area contributed by atoms with Crippen LogP contribution >= 0.6 is 11.6 Å². The molecule has 3 fully saturated rings. The van der Waals surface area contributed by atoms with Crippen LogP contribution in [-0.2, 0) is 25.7 Å². The van der Waals surface area contributed by atoms with Crippen LogP contribution in [0, 0.1) is 35.5 Å². The number of imide groups is 1. The number of likely N-dealkylation sites (tertiary alicyclic amines) is 1. The summed E-state index contributed by atoms with van der Waals surface area (Å²) >= 11 is 6.05. The van der Waals surface area contributed by atoms with Gasteiger partial charge in [0.25, 0.3) is 0 Å². The van der Waals surface area contributed by atoms with E-state index in [0.717, 1.165) is 11.3 Å². The zero-order valence-corrected chi connectivity index (χ0v) is 14.8. The first-order valence-electron chi connectivity index (χ1n) is 8.99. The molecule has 2 amide bonds. The Morgan fingerprint density at radius 2 is 1.69 bits per heavy atom. The van der Waals surface area contributed by atoms with E-state index in [1.807, 2.05) is 0 Å². The molecule has 6 atom stereocenters. The number of hydrogen-bond donors (Lipinski definition) is 0. The van der Waals surface area contributed by atoms with Crippen molar-refractivity contribution in [3.05, 3.63) is 47.0 Å². The molecule has 0 spiro atoms. The second-order valence-electron chi connectivity index (χ2n) is 7.67. The Kier molecular flexibility index (Phi) is 3.51. The molecule has 6 rings (SSSR count). The maximum absolute atomic E-state index is 12.8. The van der Waals surface area contributed by atoms with Crippen LogP contribution in [0.2, 0.25) is 5.02 Å². The minimum absolute atomic E-state index is 0.0263. The number of allylic oxidation sites excluding steroid dienone is 2. The number of ether oxygens (including phenoxy) is 1. The SMILES string of the molecule is O=C(CN1C(=O)[C@@H]2[C@H]3C=C[C@H]([C@H]4C[C@H]34)[C@@H]2C1=O)OCc1ccccc1Cl. The van der Waals surface area contributed by atoms with Gasteiger partial charge in [-0.25, -0.2) is 0 Å². The first-order valence-corrected chi connectivity index (χ1v) is 9.36. The van der Waals surface area contributed by atoms with Crippen LogP contribution in [-0.4, -0.2) is 29.2 Å². The average Bonchev–Trinajstić information content (AvgIpc) is 3.42. The molecule has 1 heterocycles. The zero-order chi connectivity index (χ0) is 18.0. The van der Waals surface area contributed by atoms with E-state index in [4.69, 9.17) is 16.3 Å². The highest BCUT2D eigenvalue weighted by atomic mass is 35.5. The number of nitrogens with zero attached hydrogens (tertiary/aromatic N) is 1. The van der Waals surface area contributed by atoms with Crippen molar-refractivity contribution in [3.63, 3.8) is 0 Å². The molecule has 0 N–H and O–H groups in total. The number of halogens is 1. The molecule has 0 aromatic heterocycles. The summed E-state index contributed by atoms with van der Waals surface area (Å²) in [5, 5.41) is 0.515. The van der Waals surface area contributed by atoms with E-state index in [-0.39, 0.29) is 48.6 Å². The summed E-state index contributed by atoms with van der Waals surface area (Å²) in [6, 6.07) is 7.09. The van der Waals surface area contributed by atoms with Gasteiger partial charge >= 0.3 is 5.97 Å². The molecule has 0 unspecified atom stereocenters. The first-order chi connectivity index (χ1) is 12.6. The molecule has 134 valence electrons. The lowest BCUT2D eigenvalue weighted by Crippen LogP contribution is -2.40. The normalized spacial score (nSPS) is 36.1. The van der Waals surface area contributed by atoms with Crippen LogP contribution in [0.1, 0.15) is 12.0 Å². The van der Waals surface area contributed by atoms with Crippen LogP contribution in [0.4, 0.5) is 0 Å². The molecule has 5 nitrogen and oxygen atoms in total. The fraction of sp³-hybridized carbons (Fsp3) is 0.450. The number of carbonyl (C=O) groups is 3. The molecule has 2 saturated carbocycles. The van der Waals surface area contributed by atoms with Crippen molar-refractivity contribution in [2.24, 2.45) is 35.5 Å². The summed E-state index contributed by atoms with van der Waals surface area (Å²) in [6.45, 7) is -0.289. The Balaban J connectivity index is 1.27. The van der Waals surface area contributed by atoms with E-state index < -0.39 is 5.97 Å². The monoisotopic (exact) mass is 371 g/mol. The van der Waals surface area contributed by atoms with Crippen LogP contribution in [0.3, 0.4) is 0 Å². The predicted molar refractivity (Wildman–Crippen MR) is 92.7 cm³/mol. The quantitative estimate of drug-likeness (QED) is 0.463. The molecular weight excluding hydrogens is 354 g/mol. The van der Waals surface area contributed by atoms with Crippen molar-refractivity contribution >= 4 is 29.4 Å². The largest absolute Gasteiger partial charge is 0.459 e. The lowest BCUT2D eigenvalue weighted by atomic mass is 9.63. The van der Waals surface area contributed by atoms with E-state index in [9.17, 15) is 14.4 Å². The number of benzene rings is 1. The van der Waals surface area contributed by atoms with E-state index in [1.54, 1.807) is 24.3 Å². The molecule has 1 aromatic rings. The van der Waals surface area contributed by atoms with Gasteiger partial charge in [-0.15, -0.1) is 0 Å². The van der Waals surface area contributed by atoms with E-state index in [0.29, 0.717) is 22.4 Å². The molecule has 26 heavy (non-hydrogen) atoms. The van der Waals surface area contributed by atoms with E-state index in [2.05, 4.69) is 12.2 Å². The Hall–Kier alpha value is -2.14. The van der Waals surface area contributed by atoms with Crippen molar-refractivity contribution < 1.29 is 19.1 Å². The highest BCUT2D eigenvalue weighted by Crippen LogP contribution is 2.65. The molecular formula is C20H18ClNO4. The second-order valence-corrected chi connectivity index (χ2v) is 8.08. The maximum Gasteiger partial charge on any atom is 0.326 e. The zero-order valence-electron chi connectivity index (χ0n) is 14.0. The minimum Gasteiger partial charge on any atom is -0.459 e. The Bertz CT molecular complexity index is 814. The van der Waals surface area contributed by atoms with Gasteiger partial charge in [-0.2, -0.15) is 0 Å². The number of hydrogen-bond acceptors (Lipinski definition) is 4. The fourth-order valence-electron chi connectivity index (χ4n) is 5.12. The lowest BCUT2D eigenvalue weighted by Gasteiger charge is -2.37. The van der Waals surface area contributed by atoms with E-state index >= 15 is 0 Å². The summed E-state index contributed by atoms with van der Waals surface area (Å²) in [6.07, 6.45) is 5.35. The number of carbonyl (C=O) groups excluding carboxylic acids is 3. The van der Waals surface area contributed by atoms with Gasteiger partial charge in [0, 0.05) is 10.6 Å². The number of esters is 1. The summed E-state index contributed by atoms with van der Waals surface area (Å²) in [7, 11) is 0. The fourth-order valence-corrected chi connectivity index (χ4v) is 5.31. The van der Waals surface area contributed by atoms with Crippen LogP contribution in [0.5, 0.6) is 0 Å². The van der Waals surface area contributed by atoms with Crippen LogP contribution in [0.15, 0.2) is 36.4 Å². The molecule has 1 aromatic carbocycles. The van der Waals surface area contributed by atoms with Crippen molar-refractivity contribution in [3.8, 4) is 0 Å². The lowest BCUT2D eigenvalue weighted by molar-refractivity contribution is -0.154. The van der Waals surface area contributed by atoms with Gasteiger partial charge in [0.1, 0.15) is 13.2 Å². The summed E-state index contributed by atoms with van der Waals surface area (Å²) in [4.78, 5) is 38.9. The second kappa shape index (κ2) is 5.68. The van der Waals surface area contributed by atoms with Gasteiger partial charge in [-0.05, 0) is 36.2 Å². The Morgan fingerprint density at radius 3 is 2.31 bits per heavy atom. The van der Waals surface area contributed by atoms with Gasteiger partial charge in [0.2, 0.25) is 11.8 Å². The molecule has 4 aliphatic carbocycles. The first kappa shape index (κ1) is 16.1. The minimum atomic E-state index is -0.587. The van der Waals surface area contributed by atoms with Crippen LogP contribution < -0.4 is 0 Å². The topological polar surface area (TPSA) is 63.7 Å². The van der Waals surface area contributed by atoms with Gasteiger partial charge < -0.3 is 4.74 Å². The van der Waals surface area contributed by atoms with Gasteiger partial charge in [-0.3, -0.25) is 19.3 Å². The van der Waals surface area contributed by atoms with E-state index in [1.165, 1.54) is 0 Å². The predicted octanol–water partition coefficient (Wildman–Crippen LogP) is 2.44. The highest BCUT2D eigenvalue weighted by molar-refractivity contribution is 6.31. The van der Waals surface area contributed by atoms with Crippen molar-refractivity contribution in [2.75, 3.05) is 6.54 Å². The third-order valence-corrected chi connectivity index (χ3v) is 6.76. The Morgan fingerprint density at radius 1 is 1.08 bits per heavy atom. The summed E-state index contributed by atoms with van der Waals surface area (Å²) < 4.78 is 5.23. The highest BCUT2D eigenvalue weighted by Gasteiger charge is 2.67. The third kappa shape index (κ3) is 2.26. The van der Waals surface area contributed by atoms with Gasteiger partial charge in [0.15, 0.2) is 0 Å². The Labute approximate surface area is 155 Å². The average molecular weight is 372 g/mol. The smallest absolute Gasteiger partial charge is 0.326 e.